The van der Waals surface area contributed by atoms with Gasteiger partial charge >= 0.3 is 12.1 Å². The number of alkyl carbamates (subject to hydrolysis) is 1. The lowest BCUT2D eigenvalue weighted by molar-refractivity contribution is -0.161. The van der Waals surface area contributed by atoms with E-state index in [0.29, 0.717) is 6.42 Å². The van der Waals surface area contributed by atoms with Gasteiger partial charge in [-0.25, -0.2) is 4.79 Å². The zero-order chi connectivity index (χ0) is 19.1. The molecule has 1 amide bonds. The number of amides is 1. The maximum Gasteiger partial charge on any atom is 0.407 e. The molecule has 0 aliphatic rings. The van der Waals surface area contributed by atoms with Gasteiger partial charge in [0, 0.05) is 0 Å². The van der Waals surface area contributed by atoms with Crippen LogP contribution in [0.25, 0.3) is 0 Å². The van der Waals surface area contributed by atoms with E-state index in [0.717, 1.165) is 0 Å². The molecule has 0 fully saturated rings. The second kappa shape index (κ2) is 9.87. The number of ether oxygens (including phenoxy) is 3. The molecule has 6 nitrogen and oxygen atoms in total. The molecule has 0 saturated heterocycles. The molecule has 0 aliphatic heterocycles. The summed E-state index contributed by atoms with van der Waals surface area (Å²) in [5.41, 5.74) is -0.584. The molecule has 142 valence electrons. The smallest absolute Gasteiger partial charge is 0.407 e. The van der Waals surface area contributed by atoms with Crippen LogP contribution in [0.4, 0.5) is 4.79 Å². The van der Waals surface area contributed by atoms with Crippen molar-refractivity contribution in [3.63, 3.8) is 0 Å². The summed E-state index contributed by atoms with van der Waals surface area (Å²) in [6.07, 6.45) is -0.740. The quantitative estimate of drug-likeness (QED) is 0.679. The van der Waals surface area contributed by atoms with Crippen molar-refractivity contribution in [1.29, 1.82) is 0 Å². The SMILES string of the molecule is CCC(C(=O)OC(C)C)C(OC(C)C)C(C)NC(=O)OC(C)(C)C. The maximum atomic E-state index is 12.4. The largest absolute Gasteiger partial charge is 0.463 e. The Kier molecular flexibility index (Phi) is 9.33. The first-order chi connectivity index (χ1) is 10.9. The molecular formula is C18H35NO5. The molecule has 0 heterocycles. The molecule has 3 atom stereocenters. The first-order valence-electron chi connectivity index (χ1n) is 8.72. The fraction of sp³-hybridized carbons (Fsp3) is 0.889. The van der Waals surface area contributed by atoms with Crippen LogP contribution in [0.3, 0.4) is 0 Å². The third-order valence-corrected chi connectivity index (χ3v) is 3.16. The lowest BCUT2D eigenvalue weighted by atomic mass is 9.94. The van der Waals surface area contributed by atoms with E-state index in [1.165, 1.54) is 0 Å². The van der Waals surface area contributed by atoms with Gasteiger partial charge in [0.05, 0.1) is 30.3 Å². The zero-order valence-corrected chi connectivity index (χ0v) is 16.6. The average Bonchev–Trinajstić information content (AvgIpc) is 2.34. The molecule has 1 N–H and O–H groups in total. The highest BCUT2D eigenvalue weighted by Crippen LogP contribution is 2.21. The molecule has 24 heavy (non-hydrogen) atoms. The first kappa shape index (κ1) is 22.7. The van der Waals surface area contributed by atoms with Crippen molar-refractivity contribution in [2.24, 2.45) is 5.92 Å². The average molecular weight is 345 g/mol. The Morgan fingerprint density at radius 1 is 1.00 bits per heavy atom. The Labute approximate surface area is 146 Å². The second-order valence-corrected chi connectivity index (χ2v) is 7.58. The van der Waals surface area contributed by atoms with Crippen molar-refractivity contribution < 1.29 is 23.8 Å². The molecule has 0 spiro atoms. The van der Waals surface area contributed by atoms with E-state index in [9.17, 15) is 9.59 Å². The van der Waals surface area contributed by atoms with E-state index in [1.807, 2.05) is 41.5 Å². The third kappa shape index (κ3) is 9.11. The van der Waals surface area contributed by atoms with Crippen molar-refractivity contribution in [3.05, 3.63) is 0 Å². The number of carbonyl (C=O) groups is 2. The van der Waals surface area contributed by atoms with Gasteiger partial charge < -0.3 is 19.5 Å². The van der Waals surface area contributed by atoms with Gasteiger partial charge in [0.15, 0.2) is 0 Å². The molecule has 0 aromatic carbocycles. The monoisotopic (exact) mass is 345 g/mol. The number of hydrogen-bond donors (Lipinski definition) is 1. The fourth-order valence-corrected chi connectivity index (χ4v) is 2.30. The summed E-state index contributed by atoms with van der Waals surface area (Å²) in [6.45, 7) is 16.5. The highest BCUT2D eigenvalue weighted by atomic mass is 16.6. The summed E-state index contributed by atoms with van der Waals surface area (Å²) in [5, 5.41) is 2.77. The number of carbonyl (C=O) groups excluding carboxylic acids is 2. The maximum absolute atomic E-state index is 12.4. The van der Waals surface area contributed by atoms with Crippen molar-refractivity contribution >= 4 is 12.1 Å². The molecular weight excluding hydrogens is 310 g/mol. The van der Waals surface area contributed by atoms with Gasteiger partial charge in [0.25, 0.3) is 0 Å². The summed E-state index contributed by atoms with van der Waals surface area (Å²) in [6, 6.07) is -0.396. The van der Waals surface area contributed by atoms with Crippen molar-refractivity contribution in [1.82, 2.24) is 5.32 Å². The second-order valence-electron chi connectivity index (χ2n) is 7.58. The third-order valence-electron chi connectivity index (χ3n) is 3.16. The molecule has 0 saturated carbocycles. The van der Waals surface area contributed by atoms with Gasteiger partial charge in [-0.15, -0.1) is 0 Å². The van der Waals surface area contributed by atoms with Gasteiger partial charge in [-0.1, -0.05) is 6.92 Å². The van der Waals surface area contributed by atoms with E-state index in [-0.39, 0.29) is 18.2 Å². The molecule has 0 aromatic rings. The number of nitrogens with one attached hydrogen (secondary N) is 1. The van der Waals surface area contributed by atoms with Crippen LogP contribution >= 0.6 is 0 Å². The highest BCUT2D eigenvalue weighted by molar-refractivity contribution is 5.74. The number of rotatable bonds is 8. The topological polar surface area (TPSA) is 73.9 Å². The number of hydrogen-bond acceptors (Lipinski definition) is 5. The molecule has 0 rings (SSSR count). The van der Waals surface area contributed by atoms with Gasteiger partial charge in [0.1, 0.15) is 5.60 Å². The van der Waals surface area contributed by atoms with Gasteiger partial charge in [-0.2, -0.15) is 0 Å². The zero-order valence-electron chi connectivity index (χ0n) is 16.6. The summed E-state index contributed by atoms with van der Waals surface area (Å²) < 4.78 is 16.5. The summed E-state index contributed by atoms with van der Waals surface area (Å²) >= 11 is 0. The van der Waals surface area contributed by atoms with Crippen molar-refractivity contribution in [2.45, 2.75) is 98.7 Å². The molecule has 6 heteroatoms. The normalized spacial score (nSPS) is 15.8. The molecule has 0 radical (unpaired) electrons. The van der Waals surface area contributed by atoms with E-state index in [2.05, 4.69) is 5.32 Å². The molecule has 3 unspecified atom stereocenters. The lowest BCUT2D eigenvalue weighted by Gasteiger charge is -2.33. The number of esters is 1. The minimum absolute atomic E-state index is 0.0845. The van der Waals surface area contributed by atoms with Gasteiger partial charge in [-0.05, 0) is 61.8 Å². The fourth-order valence-electron chi connectivity index (χ4n) is 2.30. The van der Waals surface area contributed by atoms with E-state index in [1.54, 1.807) is 20.8 Å². The summed E-state index contributed by atoms with van der Waals surface area (Å²) in [4.78, 5) is 24.4. The molecule has 0 aliphatic carbocycles. The first-order valence-corrected chi connectivity index (χ1v) is 8.72. The van der Waals surface area contributed by atoms with Crippen LogP contribution in [0.5, 0.6) is 0 Å². The van der Waals surface area contributed by atoms with Gasteiger partial charge in [0.2, 0.25) is 0 Å². The van der Waals surface area contributed by atoms with Crippen LogP contribution in [0, 0.1) is 5.92 Å². The van der Waals surface area contributed by atoms with Crippen LogP contribution in [0.1, 0.15) is 68.7 Å². The molecule has 0 aromatic heterocycles. The van der Waals surface area contributed by atoms with Crippen molar-refractivity contribution in [3.8, 4) is 0 Å². The van der Waals surface area contributed by atoms with Crippen LogP contribution in [0.2, 0.25) is 0 Å². The molecule has 0 bridgehead atoms. The predicted molar refractivity (Wildman–Crippen MR) is 93.8 cm³/mol. The van der Waals surface area contributed by atoms with Crippen LogP contribution < -0.4 is 5.32 Å². The van der Waals surface area contributed by atoms with Crippen LogP contribution in [-0.4, -0.2) is 42.0 Å². The highest BCUT2D eigenvalue weighted by Gasteiger charge is 2.35. The Morgan fingerprint density at radius 3 is 1.92 bits per heavy atom. The van der Waals surface area contributed by atoms with Crippen LogP contribution in [-0.2, 0) is 19.0 Å². The Balaban J connectivity index is 5.13. The van der Waals surface area contributed by atoms with E-state index in [4.69, 9.17) is 14.2 Å². The van der Waals surface area contributed by atoms with Crippen molar-refractivity contribution in [2.75, 3.05) is 0 Å². The lowest BCUT2D eigenvalue weighted by Crippen LogP contribution is -2.50. The Morgan fingerprint density at radius 2 is 1.54 bits per heavy atom. The Bertz CT molecular complexity index is 401. The van der Waals surface area contributed by atoms with E-state index >= 15 is 0 Å². The Hall–Kier alpha value is -1.30. The van der Waals surface area contributed by atoms with E-state index < -0.39 is 29.8 Å². The minimum atomic E-state index is -0.584. The summed E-state index contributed by atoms with van der Waals surface area (Å²) in [7, 11) is 0. The standard InChI is InChI=1S/C18H35NO5/c1-10-14(16(20)23-12(4)5)15(22-11(2)3)13(6)19-17(21)24-18(7,8)9/h11-15H,10H2,1-9H3,(H,19,21). The van der Waals surface area contributed by atoms with Crippen LogP contribution in [0.15, 0.2) is 0 Å². The van der Waals surface area contributed by atoms with Gasteiger partial charge in [-0.3, -0.25) is 4.79 Å². The predicted octanol–water partition coefficient (Wildman–Crippen LogP) is 3.67. The minimum Gasteiger partial charge on any atom is -0.463 e. The summed E-state index contributed by atoms with van der Waals surface area (Å²) in [5.74, 6) is -0.768.